The van der Waals surface area contributed by atoms with Gasteiger partial charge in [0.1, 0.15) is 18.2 Å². The first-order valence-electron chi connectivity index (χ1n) is 10.3. The zero-order chi connectivity index (χ0) is 19.8. The highest BCUT2D eigenvalue weighted by Gasteiger charge is 2.40. The zero-order valence-electron chi connectivity index (χ0n) is 16.8. The van der Waals surface area contributed by atoms with Crippen LogP contribution >= 0.6 is 11.6 Å². The van der Waals surface area contributed by atoms with Crippen LogP contribution in [0.3, 0.4) is 0 Å². The lowest BCUT2D eigenvalue weighted by Crippen LogP contribution is -2.53. The van der Waals surface area contributed by atoms with Crippen molar-refractivity contribution in [1.82, 2.24) is 0 Å². The van der Waals surface area contributed by atoms with Gasteiger partial charge in [-0.05, 0) is 43.2 Å². The Bertz CT molecular complexity index is 800. The topological polar surface area (TPSA) is 45.6 Å². The SMILES string of the molecule is CC.Clc1cccc(OCCN=C2Nc3ccccc3NC23CCCCC3)c1. The van der Waals surface area contributed by atoms with Crippen LogP contribution in [0.25, 0.3) is 0 Å². The molecule has 1 aliphatic heterocycles. The Morgan fingerprint density at radius 1 is 1.00 bits per heavy atom. The highest BCUT2D eigenvalue weighted by atomic mass is 35.5. The molecule has 1 fully saturated rings. The smallest absolute Gasteiger partial charge is 0.127 e. The first kappa shape index (κ1) is 20.5. The molecule has 5 heteroatoms. The van der Waals surface area contributed by atoms with Gasteiger partial charge in [-0.2, -0.15) is 0 Å². The molecule has 0 saturated heterocycles. The lowest BCUT2D eigenvalue weighted by atomic mass is 9.79. The van der Waals surface area contributed by atoms with E-state index in [1.165, 1.54) is 24.9 Å². The minimum atomic E-state index is -0.0668. The van der Waals surface area contributed by atoms with E-state index in [0.717, 1.165) is 30.1 Å². The van der Waals surface area contributed by atoms with Gasteiger partial charge >= 0.3 is 0 Å². The van der Waals surface area contributed by atoms with E-state index in [0.29, 0.717) is 18.2 Å². The second-order valence-electron chi connectivity index (χ2n) is 6.97. The molecule has 2 aliphatic rings. The largest absolute Gasteiger partial charge is 0.492 e. The molecule has 0 aromatic heterocycles. The maximum atomic E-state index is 6.00. The highest BCUT2D eigenvalue weighted by Crippen LogP contribution is 2.39. The van der Waals surface area contributed by atoms with E-state index in [4.69, 9.17) is 21.3 Å². The third-order valence-corrected chi connectivity index (χ3v) is 5.38. The summed E-state index contributed by atoms with van der Waals surface area (Å²) < 4.78 is 5.78. The quantitative estimate of drug-likeness (QED) is 0.586. The van der Waals surface area contributed by atoms with Crippen LogP contribution in [-0.4, -0.2) is 24.5 Å². The molecule has 28 heavy (non-hydrogen) atoms. The fourth-order valence-electron chi connectivity index (χ4n) is 3.85. The second-order valence-corrected chi connectivity index (χ2v) is 7.41. The molecule has 0 atom stereocenters. The Labute approximate surface area is 173 Å². The average Bonchev–Trinajstić information content (AvgIpc) is 2.73. The second kappa shape index (κ2) is 9.83. The van der Waals surface area contributed by atoms with E-state index in [9.17, 15) is 0 Å². The summed E-state index contributed by atoms with van der Waals surface area (Å²) in [5, 5.41) is 8.04. The van der Waals surface area contributed by atoms with Gasteiger partial charge < -0.3 is 15.4 Å². The molecule has 2 aromatic rings. The lowest BCUT2D eigenvalue weighted by Gasteiger charge is -2.44. The molecular formula is C23H30ClN3O. The van der Waals surface area contributed by atoms with Gasteiger partial charge in [-0.1, -0.05) is 62.9 Å². The van der Waals surface area contributed by atoms with Crippen LogP contribution in [0.1, 0.15) is 46.0 Å². The Morgan fingerprint density at radius 3 is 2.50 bits per heavy atom. The van der Waals surface area contributed by atoms with Crippen molar-refractivity contribution < 1.29 is 4.74 Å². The number of halogens is 1. The summed E-state index contributed by atoms with van der Waals surface area (Å²) in [5.41, 5.74) is 2.20. The average molecular weight is 400 g/mol. The van der Waals surface area contributed by atoms with Crippen molar-refractivity contribution in [2.75, 3.05) is 23.8 Å². The van der Waals surface area contributed by atoms with E-state index in [2.05, 4.69) is 28.8 Å². The molecule has 1 heterocycles. The normalized spacial score (nSPS) is 18.3. The van der Waals surface area contributed by atoms with Crippen LogP contribution in [0.4, 0.5) is 11.4 Å². The van der Waals surface area contributed by atoms with Crippen molar-refractivity contribution in [2.24, 2.45) is 4.99 Å². The highest BCUT2D eigenvalue weighted by molar-refractivity contribution is 6.30. The van der Waals surface area contributed by atoms with Gasteiger partial charge in [0, 0.05) is 5.02 Å². The minimum Gasteiger partial charge on any atom is -0.492 e. The predicted molar refractivity (Wildman–Crippen MR) is 120 cm³/mol. The lowest BCUT2D eigenvalue weighted by molar-refractivity contribution is 0.328. The Morgan fingerprint density at radius 2 is 1.75 bits per heavy atom. The van der Waals surface area contributed by atoms with Crippen molar-refractivity contribution in [3.8, 4) is 5.75 Å². The van der Waals surface area contributed by atoms with E-state index >= 15 is 0 Å². The van der Waals surface area contributed by atoms with E-state index in [1.54, 1.807) is 0 Å². The molecule has 0 radical (unpaired) electrons. The standard InChI is InChI=1S/C21H24ClN3O.C2H6/c22-16-7-6-8-17(15-16)26-14-13-23-20-21(11-4-1-5-12-21)25-19-10-3-2-9-18(19)24-20;1-2/h2-3,6-10,15,25H,1,4-5,11-14H2,(H,23,24);1-2H3. The fraction of sp³-hybridized carbons (Fsp3) is 0.435. The molecule has 2 aromatic carbocycles. The summed E-state index contributed by atoms with van der Waals surface area (Å²) in [6.45, 7) is 5.14. The summed E-state index contributed by atoms with van der Waals surface area (Å²) >= 11 is 6.00. The van der Waals surface area contributed by atoms with E-state index < -0.39 is 0 Å². The Balaban J connectivity index is 0.00000109. The van der Waals surface area contributed by atoms with Crippen LogP contribution < -0.4 is 15.4 Å². The van der Waals surface area contributed by atoms with Crippen molar-refractivity contribution in [1.29, 1.82) is 0 Å². The number of anilines is 2. The van der Waals surface area contributed by atoms with Crippen molar-refractivity contribution in [3.63, 3.8) is 0 Å². The van der Waals surface area contributed by atoms with Gasteiger partial charge in [0.25, 0.3) is 0 Å². The first-order valence-corrected chi connectivity index (χ1v) is 10.7. The first-order chi connectivity index (χ1) is 13.8. The number of nitrogens with zero attached hydrogens (tertiary/aromatic N) is 1. The van der Waals surface area contributed by atoms with Crippen LogP contribution in [0.2, 0.25) is 5.02 Å². The van der Waals surface area contributed by atoms with Gasteiger partial charge in [0.05, 0.1) is 23.5 Å². The third-order valence-electron chi connectivity index (χ3n) is 5.14. The molecule has 0 amide bonds. The number of fused-ring (bicyclic) bond motifs is 1. The Kier molecular flexibility index (Phi) is 7.21. The molecule has 150 valence electrons. The van der Waals surface area contributed by atoms with Gasteiger partial charge in [0.2, 0.25) is 0 Å². The monoisotopic (exact) mass is 399 g/mol. The van der Waals surface area contributed by atoms with Crippen molar-refractivity contribution in [3.05, 3.63) is 53.6 Å². The summed E-state index contributed by atoms with van der Waals surface area (Å²) in [6.07, 6.45) is 5.99. The predicted octanol–water partition coefficient (Wildman–Crippen LogP) is 6.38. The molecule has 1 spiro atoms. The zero-order valence-corrected chi connectivity index (χ0v) is 17.6. The van der Waals surface area contributed by atoms with Crippen LogP contribution in [0, 0.1) is 0 Å². The summed E-state index contributed by atoms with van der Waals surface area (Å²) in [5.74, 6) is 1.83. The summed E-state index contributed by atoms with van der Waals surface area (Å²) in [4.78, 5) is 4.88. The van der Waals surface area contributed by atoms with Crippen LogP contribution in [0.15, 0.2) is 53.5 Å². The van der Waals surface area contributed by atoms with E-state index in [1.807, 2.05) is 44.2 Å². The van der Waals surface area contributed by atoms with Gasteiger partial charge in [-0.3, -0.25) is 4.99 Å². The van der Waals surface area contributed by atoms with Gasteiger partial charge in [-0.25, -0.2) is 0 Å². The molecule has 1 aliphatic carbocycles. The fourth-order valence-corrected chi connectivity index (χ4v) is 4.03. The molecule has 2 N–H and O–H groups in total. The molecule has 4 nitrogen and oxygen atoms in total. The number of hydrogen-bond acceptors (Lipinski definition) is 3. The van der Waals surface area contributed by atoms with Crippen LogP contribution in [0.5, 0.6) is 5.75 Å². The molecule has 0 bridgehead atoms. The number of nitrogens with one attached hydrogen (secondary N) is 2. The summed E-state index contributed by atoms with van der Waals surface area (Å²) in [6, 6.07) is 15.8. The molecule has 0 unspecified atom stereocenters. The molecule has 1 saturated carbocycles. The van der Waals surface area contributed by atoms with Gasteiger partial charge in [-0.15, -0.1) is 0 Å². The number of hydrogen-bond donors (Lipinski definition) is 2. The van der Waals surface area contributed by atoms with Gasteiger partial charge in [0.15, 0.2) is 0 Å². The van der Waals surface area contributed by atoms with Crippen molar-refractivity contribution in [2.45, 2.75) is 51.5 Å². The number of amidine groups is 1. The van der Waals surface area contributed by atoms with E-state index in [-0.39, 0.29) is 5.54 Å². The summed E-state index contributed by atoms with van der Waals surface area (Å²) in [7, 11) is 0. The maximum absolute atomic E-state index is 6.00. The number of benzene rings is 2. The number of aliphatic imine (C=N–C) groups is 1. The number of para-hydroxylation sites is 2. The maximum Gasteiger partial charge on any atom is 0.127 e. The number of ether oxygens (including phenoxy) is 1. The number of rotatable bonds is 4. The Hall–Kier alpha value is -2.20. The minimum absolute atomic E-state index is 0.0668. The van der Waals surface area contributed by atoms with Crippen LogP contribution in [-0.2, 0) is 0 Å². The third kappa shape index (κ3) is 4.79. The molecular weight excluding hydrogens is 370 g/mol. The van der Waals surface area contributed by atoms with Crippen molar-refractivity contribution >= 4 is 28.8 Å². The molecule has 4 rings (SSSR count).